The van der Waals surface area contributed by atoms with Crippen LogP contribution in [-0.4, -0.2) is 75.5 Å². The Labute approximate surface area is 213 Å². The Balaban J connectivity index is 1.96. The first-order valence-corrected chi connectivity index (χ1v) is 12.0. The topological polar surface area (TPSA) is 182 Å². The average Bonchev–Trinajstić information content (AvgIpc) is 2.83. The third-order valence-electron chi connectivity index (χ3n) is 8.00. The number of phenols is 1. The fourth-order valence-electron chi connectivity index (χ4n) is 6.00. The smallest absolute Gasteiger partial charge is 0.255 e. The van der Waals surface area contributed by atoms with E-state index in [9.17, 15) is 39.6 Å². The van der Waals surface area contributed by atoms with E-state index >= 15 is 0 Å². The number of carbonyl (C=O) groups excluding carboxylic acids is 4. The number of ketones is 2. The quantitative estimate of drug-likeness (QED) is 0.270. The van der Waals surface area contributed by atoms with E-state index in [-0.39, 0.29) is 36.3 Å². The Morgan fingerprint density at radius 3 is 2.43 bits per heavy atom. The van der Waals surface area contributed by atoms with E-state index in [1.165, 1.54) is 11.8 Å². The molecule has 1 aromatic carbocycles. The zero-order valence-corrected chi connectivity index (χ0v) is 21.1. The molecule has 0 heterocycles. The van der Waals surface area contributed by atoms with E-state index in [2.05, 4.69) is 0 Å². The van der Waals surface area contributed by atoms with Crippen LogP contribution in [0.25, 0.3) is 5.76 Å². The standard InChI is InChI=1S/C26H31N3O8/c1-5-29(10-30)9-13-8-16(28(3)4)14-6-12-7-15-11(2)20(31)19(25(27)36)24(35)26(15,37)23(34)17(12)22(33)18(14)21(13)32/h8,10-12,15,32-33,35,37H,5-7,9H2,1-4H3,(H2,27,36)/t11-,12?,15?,26-/m0/s1. The van der Waals surface area contributed by atoms with E-state index in [0.29, 0.717) is 29.8 Å². The number of fused-ring (bicyclic) bond motifs is 3. The number of aliphatic hydroxyl groups excluding tert-OH is 2. The van der Waals surface area contributed by atoms with Crippen LogP contribution >= 0.6 is 0 Å². The number of carbonyl (C=O) groups is 4. The Morgan fingerprint density at radius 1 is 1.24 bits per heavy atom. The molecule has 3 aliphatic carbocycles. The molecule has 0 aliphatic heterocycles. The van der Waals surface area contributed by atoms with E-state index in [0.717, 1.165) is 0 Å². The normalized spacial score (nSPS) is 26.9. The number of anilines is 1. The van der Waals surface area contributed by atoms with Crippen molar-refractivity contribution in [3.05, 3.63) is 39.7 Å². The summed E-state index contributed by atoms with van der Waals surface area (Å²) in [6.45, 7) is 3.66. The molecule has 37 heavy (non-hydrogen) atoms. The van der Waals surface area contributed by atoms with Crippen molar-refractivity contribution >= 4 is 35.3 Å². The van der Waals surface area contributed by atoms with E-state index in [1.807, 2.05) is 0 Å². The van der Waals surface area contributed by atoms with Crippen molar-refractivity contribution in [3.8, 4) is 5.75 Å². The number of Topliss-reactive ketones (excluding diaryl/α,β-unsaturated/α-hetero) is 2. The first-order chi connectivity index (χ1) is 17.3. The molecule has 4 rings (SSSR count). The highest BCUT2D eigenvalue weighted by Gasteiger charge is 2.62. The van der Waals surface area contributed by atoms with Gasteiger partial charge in [0, 0.05) is 55.8 Å². The van der Waals surface area contributed by atoms with Crippen LogP contribution in [0.3, 0.4) is 0 Å². The molecule has 198 valence electrons. The number of aliphatic hydroxyl groups is 3. The highest BCUT2D eigenvalue weighted by Crippen LogP contribution is 2.54. The summed E-state index contributed by atoms with van der Waals surface area (Å²) in [6.07, 6.45) is 0.891. The predicted octanol–water partition coefficient (Wildman–Crippen LogP) is 0.714. The molecule has 0 spiro atoms. The molecule has 6 N–H and O–H groups in total. The Morgan fingerprint density at radius 2 is 1.89 bits per heavy atom. The molecule has 11 nitrogen and oxygen atoms in total. The summed E-state index contributed by atoms with van der Waals surface area (Å²) in [5.74, 6) is -7.73. The van der Waals surface area contributed by atoms with Crippen LogP contribution in [0.4, 0.5) is 5.69 Å². The maximum absolute atomic E-state index is 13.8. The number of primary amides is 1. The lowest BCUT2D eigenvalue weighted by Crippen LogP contribution is -2.61. The van der Waals surface area contributed by atoms with Crippen molar-refractivity contribution < 1.29 is 39.6 Å². The molecule has 3 aliphatic rings. The summed E-state index contributed by atoms with van der Waals surface area (Å²) in [6, 6.07) is 1.72. The minimum atomic E-state index is -2.64. The SMILES string of the molecule is CCN(C=O)Cc1cc(N(C)C)c2c(c1O)C(O)=C1C(=O)[C@]3(O)C(O)=C(C(N)=O)C(=O)[C@@H](C)C3CC1C2. The van der Waals surface area contributed by atoms with Crippen LogP contribution in [0.2, 0.25) is 0 Å². The van der Waals surface area contributed by atoms with Gasteiger partial charge < -0.3 is 36.0 Å². The van der Waals surface area contributed by atoms with Gasteiger partial charge in [-0.2, -0.15) is 0 Å². The summed E-state index contributed by atoms with van der Waals surface area (Å²) in [5.41, 5.74) is 3.18. The zero-order valence-electron chi connectivity index (χ0n) is 21.1. The molecule has 2 amide bonds. The highest BCUT2D eigenvalue weighted by molar-refractivity contribution is 6.23. The van der Waals surface area contributed by atoms with Gasteiger partial charge in [-0.1, -0.05) is 6.92 Å². The third kappa shape index (κ3) is 3.59. The molecule has 11 heteroatoms. The number of phenolic OH excluding ortho intramolecular Hbond substituents is 1. The molecular formula is C26H31N3O8. The fraction of sp³-hybridized carbons (Fsp3) is 0.462. The first kappa shape index (κ1) is 26.2. The maximum Gasteiger partial charge on any atom is 0.255 e. The van der Waals surface area contributed by atoms with E-state index in [1.54, 1.807) is 32.0 Å². The van der Waals surface area contributed by atoms with Crippen LogP contribution in [0.15, 0.2) is 23.0 Å². The van der Waals surface area contributed by atoms with Gasteiger partial charge in [0.25, 0.3) is 5.91 Å². The Bertz CT molecular complexity index is 1300. The molecule has 0 aromatic heterocycles. The second-order valence-corrected chi connectivity index (χ2v) is 10.2. The van der Waals surface area contributed by atoms with E-state index in [4.69, 9.17) is 5.73 Å². The molecule has 0 bridgehead atoms. The lowest BCUT2D eigenvalue weighted by Gasteiger charge is -2.48. The number of rotatable bonds is 6. The lowest BCUT2D eigenvalue weighted by atomic mass is 9.56. The number of benzene rings is 1. The second-order valence-electron chi connectivity index (χ2n) is 10.2. The van der Waals surface area contributed by atoms with Gasteiger partial charge in [-0.15, -0.1) is 0 Å². The van der Waals surface area contributed by atoms with Crippen molar-refractivity contribution in [2.45, 2.75) is 38.8 Å². The molecule has 1 aromatic rings. The Hall–Kier alpha value is -3.86. The number of aromatic hydroxyl groups is 1. The average molecular weight is 514 g/mol. The van der Waals surface area contributed by atoms with Crippen LogP contribution in [0.1, 0.15) is 37.0 Å². The molecule has 4 atom stereocenters. The molecule has 0 radical (unpaired) electrons. The minimum absolute atomic E-state index is 0.00308. The molecule has 1 fully saturated rings. The van der Waals surface area contributed by atoms with Crippen molar-refractivity contribution in [2.24, 2.45) is 23.5 Å². The summed E-state index contributed by atoms with van der Waals surface area (Å²) in [7, 11) is 3.57. The van der Waals surface area contributed by atoms with Gasteiger partial charge in [0.15, 0.2) is 11.4 Å². The number of hydrogen-bond acceptors (Lipinski definition) is 9. The zero-order chi connectivity index (χ0) is 27.6. The van der Waals surface area contributed by atoms with Crippen LogP contribution in [0, 0.1) is 17.8 Å². The van der Waals surface area contributed by atoms with Gasteiger partial charge in [-0.05, 0) is 37.3 Å². The third-order valence-corrected chi connectivity index (χ3v) is 8.00. The first-order valence-electron chi connectivity index (χ1n) is 12.0. The maximum atomic E-state index is 13.8. The van der Waals surface area contributed by atoms with Crippen molar-refractivity contribution in [3.63, 3.8) is 0 Å². The monoisotopic (exact) mass is 513 g/mol. The van der Waals surface area contributed by atoms with Gasteiger partial charge in [-0.25, -0.2) is 0 Å². The van der Waals surface area contributed by atoms with Crippen LogP contribution in [0.5, 0.6) is 5.75 Å². The molecular weight excluding hydrogens is 482 g/mol. The molecule has 2 unspecified atom stereocenters. The molecule has 1 saturated carbocycles. The fourth-order valence-corrected chi connectivity index (χ4v) is 6.00. The summed E-state index contributed by atoms with van der Waals surface area (Å²) >= 11 is 0. The van der Waals surface area contributed by atoms with Gasteiger partial charge >= 0.3 is 0 Å². The van der Waals surface area contributed by atoms with Gasteiger partial charge in [0.2, 0.25) is 12.2 Å². The van der Waals surface area contributed by atoms with Crippen LogP contribution < -0.4 is 10.6 Å². The van der Waals surface area contributed by atoms with Gasteiger partial charge in [0.05, 0.1) is 5.56 Å². The van der Waals surface area contributed by atoms with Gasteiger partial charge in [-0.3, -0.25) is 19.2 Å². The summed E-state index contributed by atoms with van der Waals surface area (Å²) < 4.78 is 0. The van der Waals surface area contributed by atoms with Crippen molar-refractivity contribution in [1.82, 2.24) is 4.90 Å². The summed E-state index contributed by atoms with van der Waals surface area (Å²) in [5, 5.41) is 44.9. The largest absolute Gasteiger partial charge is 0.508 e. The number of nitrogens with two attached hydrogens (primary N) is 1. The van der Waals surface area contributed by atoms with Crippen molar-refractivity contribution in [2.75, 3.05) is 25.5 Å². The molecule has 0 saturated heterocycles. The van der Waals surface area contributed by atoms with Crippen molar-refractivity contribution in [1.29, 1.82) is 0 Å². The summed E-state index contributed by atoms with van der Waals surface area (Å²) in [4.78, 5) is 53.1. The van der Waals surface area contributed by atoms with Crippen LogP contribution in [-0.2, 0) is 32.1 Å². The number of nitrogens with zero attached hydrogens (tertiary/aromatic N) is 2. The number of hydrogen-bond donors (Lipinski definition) is 5. The lowest BCUT2D eigenvalue weighted by molar-refractivity contribution is -0.152. The number of amides is 2. The minimum Gasteiger partial charge on any atom is -0.508 e. The Kier molecular flexibility index (Phi) is 6.31. The van der Waals surface area contributed by atoms with E-state index < -0.39 is 57.9 Å². The predicted molar refractivity (Wildman–Crippen MR) is 132 cm³/mol. The second kappa shape index (κ2) is 8.91. The highest BCUT2D eigenvalue weighted by atomic mass is 16.3. The van der Waals surface area contributed by atoms with Gasteiger partial charge in [0.1, 0.15) is 22.8 Å².